The molecular formula is C9H9BF3N2-. The molecule has 0 aromatic carbocycles. The fraction of sp³-hybridized carbons (Fsp3) is 0.333. The van der Waals surface area contributed by atoms with Gasteiger partial charge in [-0.1, -0.05) is 11.9 Å². The van der Waals surface area contributed by atoms with Gasteiger partial charge in [0.15, 0.2) is 0 Å². The lowest BCUT2D eigenvalue weighted by Crippen LogP contribution is -2.19. The van der Waals surface area contributed by atoms with Crippen molar-refractivity contribution in [1.29, 1.82) is 5.26 Å². The highest BCUT2D eigenvalue weighted by atomic mass is 19.4. The smallest absolute Gasteiger partial charge is 0.449 e. The third kappa shape index (κ3) is 3.62. The molecule has 6 heteroatoms. The molecule has 0 aliphatic carbocycles. The summed E-state index contributed by atoms with van der Waals surface area (Å²) < 4.78 is 36.4. The summed E-state index contributed by atoms with van der Waals surface area (Å²) in [6, 6.07) is 4.59. The van der Waals surface area contributed by atoms with Gasteiger partial charge in [-0.25, -0.2) is 0 Å². The molecule has 1 unspecified atom stereocenters. The molecule has 1 aromatic rings. The molecule has 0 radical (unpaired) electrons. The summed E-state index contributed by atoms with van der Waals surface area (Å²) in [4.78, 5) is 3.86. The highest BCUT2D eigenvalue weighted by Gasteiger charge is 2.23. The molecule has 0 saturated heterocycles. The maximum Gasteiger partial charge on any atom is 0.482 e. The maximum atomic E-state index is 12.1. The summed E-state index contributed by atoms with van der Waals surface area (Å²) in [5.74, 6) is -0.481. The lowest BCUT2D eigenvalue weighted by molar-refractivity contribution is 0.468. The Morgan fingerprint density at radius 3 is 2.73 bits per heavy atom. The average Bonchev–Trinajstić information content (AvgIpc) is 2.14. The summed E-state index contributed by atoms with van der Waals surface area (Å²) >= 11 is 0. The van der Waals surface area contributed by atoms with Gasteiger partial charge in [-0.15, -0.1) is 0 Å². The zero-order valence-electron chi connectivity index (χ0n) is 8.12. The van der Waals surface area contributed by atoms with Gasteiger partial charge in [0, 0.05) is 6.20 Å². The number of hydrogen-bond acceptors (Lipinski definition) is 2. The van der Waals surface area contributed by atoms with E-state index in [0.29, 0.717) is 5.69 Å². The molecule has 0 amide bonds. The highest BCUT2D eigenvalue weighted by molar-refractivity contribution is 6.57. The van der Waals surface area contributed by atoms with E-state index >= 15 is 0 Å². The van der Waals surface area contributed by atoms with Crippen LogP contribution in [0.5, 0.6) is 0 Å². The third-order valence-corrected chi connectivity index (χ3v) is 1.95. The summed E-state index contributed by atoms with van der Waals surface area (Å²) in [5.41, 5.74) is 0.546. The Morgan fingerprint density at radius 2 is 2.20 bits per heavy atom. The first-order valence-corrected chi connectivity index (χ1v) is 4.48. The number of nitriles is 1. The molecule has 0 saturated carbocycles. The zero-order valence-corrected chi connectivity index (χ0v) is 8.12. The van der Waals surface area contributed by atoms with Gasteiger partial charge in [0.1, 0.15) is 0 Å². The third-order valence-electron chi connectivity index (χ3n) is 1.95. The van der Waals surface area contributed by atoms with E-state index in [4.69, 9.17) is 5.26 Å². The molecule has 2 nitrogen and oxygen atoms in total. The summed E-state index contributed by atoms with van der Waals surface area (Å²) in [6.45, 7) is -3.23. The van der Waals surface area contributed by atoms with Gasteiger partial charge in [-0.2, -0.15) is 5.26 Å². The van der Waals surface area contributed by atoms with Gasteiger partial charge >= 0.3 is 6.98 Å². The molecule has 80 valence electrons. The molecule has 1 rings (SSSR count). The van der Waals surface area contributed by atoms with Gasteiger partial charge in [0.25, 0.3) is 0 Å². The Kier molecular flexibility index (Phi) is 3.35. The van der Waals surface area contributed by atoms with E-state index in [1.807, 2.05) is 6.07 Å². The van der Waals surface area contributed by atoms with Crippen molar-refractivity contribution in [2.24, 2.45) is 0 Å². The Balaban J connectivity index is 2.89. The molecule has 0 bridgehead atoms. The van der Waals surface area contributed by atoms with E-state index in [2.05, 4.69) is 4.98 Å². The van der Waals surface area contributed by atoms with Crippen LogP contribution in [0, 0.1) is 11.3 Å². The molecule has 1 atom stereocenters. The molecule has 0 spiro atoms. The Morgan fingerprint density at radius 1 is 1.53 bits per heavy atom. The first-order valence-electron chi connectivity index (χ1n) is 4.48. The minimum Gasteiger partial charge on any atom is -0.449 e. The van der Waals surface area contributed by atoms with Gasteiger partial charge in [0.2, 0.25) is 0 Å². The number of pyridine rings is 1. The van der Waals surface area contributed by atoms with Crippen LogP contribution in [0.15, 0.2) is 18.3 Å². The van der Waals surface area contributed by atoms with Crippen molar-refractivity contribution in [3.05, 3.63) is 29.6 Å². The van der Waals surface area contributed by atoms with E-state index in [-0.39, 0.29) is 5.56 Å². The summed E-state index contributed by atoms with van der Waals surface area (Å²) in [7, 11) is 0. The summed E-state index contributed by atoms with van der Waals surface area (Å²) in [5, 5.41) is 8.60. The molecular weight excluding hydrogens is 204 g/mol. The van der Waals surface area contributed by atoms with E-state index in [1.165, 1.54) is 18.3 Å². The first-order chi connectivity index (χ1) is 6.92. The second-order valence-corrected chi connectivity index (χ2v) is 3.35. The fourth-order valence-corrected chi connectivity index (χ4v) is 1.19. The van der Waals surface area contributed by atoms with E-state index in [0.717, 1.165) is 0 Å². The molecule has 0 N–H and O–H groups in total. The van der Waals surface area contributed by atoms with Crippen molar-refractivity contribution in [2.45, 2.75) is 19.2 Å². The van der Waals surface area contributed by atoms with Crippen molar-refractivity contribution < 1.29 is 12.9 Å². The Hall–Kier alpha value is -1.51. The van der Waals surface area contributed by atoms with Crippen molar-refractivity contribution in [3.63, 3.8) is 0 Å². The van der Waals surface area contributed by atoms with Crippen LogP contribution in [0.2, 0.25) is 0 Å². The Bertz CT molecular complexity index is 384. The van der Waals surface area contributed by atoms with Crippen LogP contribution in [0.4, 0.5) is 12.9 Å². The molecule has 1 heterocycles. The SMILES string of the molecule is CC(C#N)c1cc(C[B-](F)(F)F)ccn1. The van der Waals surface area contributed by atoms with Gasteiger partial charge in [-0.05, 0) is 19.1 Å². The monoisotopic (exact) mass is 213 g/mol. The second kappa shape index (κ2) is 4.34. The quantitative estimate of drug-likeness (QED) is 0.723. The Labute approximate surface area is 85.8 Å². The van der Waals surface area contributed by atoms with E-state index in [1.54, 1.807) is 6.92 Å². The standard InChI is InChI=1S/C9H9BF3N2/c1-7(6-14)9-4-8(2-3-15-9)5-10(11,12)13/h2-4,7H,5H2,1H3/q-1. The van der Waals surface area contributed by atoms with Crippen LogP contribution < -0.4 is 0 Å². The van der Waals surface area contributed by atoms with Crippen molar-refractivity contribution in [1.82, 2.24) is 4.98 Å². The zero-order chi connectivity index (χ0) is 11.5. The van der Waals surface area contributed by atoms with Crippen molar-refractivity contribution >= 4 is 6.98 Å². The minimum atomic E-state index is -4.83. The van der Waals surface area contributed by atoms with Crippen LogP contribution in [-0.4, -0.2) is 12.0 Å². The van der Waals surface area contributed by atoms with Crippen LogP contribution in [0.1, 0.15) is 24.1 Å². The number of rotatable bonds is 3. The van der Waals surface area contributed by atoms with E-state index in [9.17, 15) is 12.9 Å². The predicted octanol–water partition coefficient (Wildman–Crippen LogP) is 2.64. The molecule has 0 aliphatic rings. The molecule has 1 aromatic heterocycles. The van der Waals surface area contributed by atoms with Crippen molar-refractivity contribution in [2.75, 3.05) is 0 Å². The maximum absolute atomic E-state index is 12.1. The number of aromatic nitrogens is 1. The molecule has 0 fully saturated rings. The van der Waals surface area contributed by atoms with Crippen LogP contribution in [0.3, 0.4) is 0 Å². The first kappa shape index (κ1) is 11.6. The second-order valence-electron chi connectivity index (χ2n) is 3.35. The minimum absolute atomic E-state index is 0.162. The lowest BCUT2D eigenvalue weighted by Gasteiger charge is -2.14. The van der Waals surface area contributed by atoms with Gasteiger partial charge in [-0.3, -0.25) is 4.98 Å². The fourth-order valence-electron chi connectivity index (χ4n) is 1.19. The van der Waals surface area contributed by atoms with E-state index < -0.39 is 19.2 Å². The largest absolute Gasteiger partial charge is 0.482 e. The van der Waals surface area contributed by atoms with Crippen LogP contribution in [0.25, 0.3) is 0 Å². The topological polar surface area (TPSA) is 36.7 Å². The van der Waals surface area contributed by atoms with Gasteiger partial charge in [0.05, 0.1) is 17.7 Å². The lowest BCUT2D eigenvalue weighted by atomic mass is 9.82. The number of nitrogens with zero attached hydrogens (tertiary/aromatic N) is 2. The normalized spacial score (nSPS) is 13.3. The van der Waals surface area contributed by atoms with Crippen molar-refractivity contribution in [3.8, 4) is 6.07 Å². The predicted molar refractivity (Wildman–Crippen MR) is 51.0 cm³/mol. The number of halogens is 3. The number of hydrogen-bond donors (Lipinski definition) is 0. The van der Waals surface area contributed by atoms with Gasteiger partial charge < -0.3 is 12.9 Å². The van der Waals surface area contributed by atoms with Crippen LogP contribution >= 0.6 is 0 Å². The van der Waals surface area contributed by atoms with Crippen LogP contribution in [-0.2, 0) is 6.32 Å². The highest BCUT2D eigenvalue weighted by Crippen LogP contribution is 2.18. The average molecular weight is 213 g/mol. The summed E-state index contributed by atoms with van der Waals surface area (Å²) in [6.07, 6.45) is 0.383. The molecule has 0 aliphatic heterocycles. The molecule has 15 heavy (non-hydrogen) atoms.